The minimum absolute atomic E-state index is 0.00639. The SMILES string of the molecule is CC(C)[C@H](NC(=O)OCc1ccccc1)C(=O)N[C@@H](C)C(=O)N[C@H](/C=C(\Cl)S(C)(=O)=O)CC(=O)O. The van der Waals surface area contributed by atoms with Gasteiger partial charge in [-0.05, 0) is 24.5 Å². The van der Waals surface area contributed by atoms with Gasteiger partial charge in [-0.1, -0.05) is 55.8 Å². The quantitative estimate of drug-likeness (QED) is 0.315. The lowest BCUT2D eigenvalue weighted by atomic mass is 10.0. The molecule has 0 aliphatic rings. The molecule has 0 radical (unpaired) electrons. The fraction of sp³-hybridized carbons (Fsp3) is 0.455. The largest absolute Gasteiger partial charge is 0.481 e. The van der Waals surface area contributed by atoms with Crippen LogP contribution >= 0.6 is 11.6 Å². The number of carbonyl (C=O) groups is 4. The fourth-order valence-electron chi connectivity index (χ4n) is 2.72. The van der Waals surface area contributed by atoms with Crippen molar-refractivity contribution in [2.75, 3.05) is 6.26 Å². The second-order valence-corrected chi connectivity index (χ2v) is 10.7. The molecule has 0 aliphatic heterocycles. The maximum Gasteiger partial charge on any atom is 0.408 e. The Morgan fingerprint density at radius 3 is 2.14 bits per heavy atom. The van der Waals surface area contributed by atoms with Crippen LogP contribution in [0.3, 0.4) is 0 Å². The number of alkyl carbamates (subject to hydrolysis) is 1. The third-order valence-electron chi connectivity index (χ3n) is 4.60. The number of nitrogens with one attached hydrogen (secondary N) is 3. The second-order valence-electron chi connectivity index (χ2n) is 8.11. The molecule has 0 bridgehead atoms. The summed E-state index contributed by atoms with van der Waals surface area (Å²) in [6.45, 7) is 4.73. The zero-order chi connectivity index (χ0) is 26.8. The molecule has 3 atom stereocenters. The van der Waals surface area contributed by atoms with E-state index in [1.165, 1.54) is 6.92 Å². The van der Waals surface area contributed by atoms with E-state index in [2.05, 4.69) is 16.0 Å². The molecule has 1 aromatic rings. The van der Waals surface area contributed by atoms with Crippen LogP contribution in [0.4, 0.5) is 4.79 Å². The normalized spacial score (nSPS) is 14.4. The van der Waals surface area contributed by atoms with Crippen molar-refractivity contribution in [2.45, 2.75) is 51.9 Å². The Hall–Kier alpha value is -3.12. The van der Waals surface area contributed by atoms with Crippen molar-refractivity contribution < 1.29 is 37.4 Å². The maximum absolute atomic E-state index is 12.7. The second kappa shape index (κ2) is 13.7. The Kier molecular flexibility index (Phi) is 11.7. The molecule has 0 aliphatic carbocycles. The molecule has 3 amide bonds. The molecule has 0 spiro atoms. The van der Waals surface area contributed by atoms with Crippen LogP contribution in [0.5, 0.6) is 0 Å². The van der Waals surface area contributed by atoms with Crippen LogP contribution in [-0.2, 0) is 35.6 Å². The van der Waals surface area contributed by atoms with Crippen molar-refractivity contribution in [3.63, 3.8) is 0 Å². The number of hydrogen-bond donors (Lipinski definition) is 4. The highest BCUT2D eigenvalue weighted by Gasteiger charge is 2.28. The number of benzene rings is 1. The van der Waals surface area contributed by atoms with Gasteiger partial charge in [-0.25, -0.2) is 13.2 Å². The zero-order valence-corrected chi connectivity index (χ0v) is 21.4. The predicted molar refractivity (Wildman–Crippen MR) is 129 cm³/mol. The summed E-state index contributed by atoms with van der Waals surface area (Å²) in [5, 5.41) is 16.3. The predicted octanol–water partition coefficient (Wildman–Crippen LogP) is 1.53. The monoisotopic (exact) mass is 531 g/mol. The van der Waals surface area contributed by atoms with E-state index in [0.717, 1.165) is 17.9 Å². The van der Waals surface area contributed by atoms with Gasteiger partial charge in [-0.15, -0.1) is 0 Å². The van der Waals surface area contributed by atoms with E-state index < -0.39 is 62.6 Å². The molecule has 13 heteroatoms. The lowest BCUT2D eigenvalue weighted by molar-refractivity contribution is -0.137. The summed E-state index contributed by atoms with van der Waals surface area (Å²) >= 11 is 5.68. The van der Waals surface area contributed by atoms with Crippen molar-refractivity contribution in [3.8, 4) is 0 Å². The Morgan fingerprint density at radius 1 is 1.03 bits per heavy atom. The number of carboxylic acids is 1. The fourth-order valence-corrected chi connectivity index (χ4v) is 3.29. The number of halogens is 1. The van der Waals surface area contributed by atoms with Gasteiger partial charge in [-0.3, -0.25) is 14.4 Å². The van der Waals surface area contributed by atoms with E-state index in [1.807, 2.05) is 6.07 Å². The molecule has 1 rings (SSSR count). The van der Waals surface area contributed by atoms with Gasteiger partial charge in [0, 0.05) is 6.26 Å². The molecule has 11 nitrogen and oxygen atoms in total. The molecule has 0 saturated carbocycles. The van der Waals surface area contributed by atoms with E-state index in [0.29, 0.717) is 0 Å². The molecule has 194 valence electrons. The number of amides is 3. The van der Waals surface area contributed by atoms with Gasteiger partial charge in [0.15, 0.2) is 9.84 Å². The molecule has 0 heterocycles. The minimum atomic E-state index is -3.80. The van der Waals surface area contributed by atoms with Crippen molar-refractivity contribution in [1.82, 2.24) is 16.0 Å². The number of carbonyl (C=O) groups excluding carboxylic acids is 3. The van der Waals surface area contributed by atoms with E-state index >= 15 is 0 Å². The van der Waals surface area contributed by atoms with Gasteiger partial charge in [0.05, 0.1) is 12.5 Å². The van der Waals surface area contributed by atoms with Gasteiger partial charge >= 0.3 is 12.1 Å². The van der Waals surface area contributed by atoms with Crippen molar-refractivity contribution in [1.29, 1.82) is 0 Å². The first-order chi connectivity index (χ1) is 16.2. The van der Waals surface area contributed by atoms with Crippen LogP contribution < -0.4 is 16.0 Å². The number of sulfone groups is 1. The number of rotatable bonds is 12. The van der Waals surface area contributed by atoms with Gasteiger partial charge < -0.3 is 25.8 Å². The first kappa shape index (κ1) is 29.9. The van der Waals surface area contributed by atoms with Crippen LogP contribution in [0.15, 0.2) is 40.8 Å². The molecule has 0 fully saturated rings. The van der Waals surface area contributed by atoms with E-state index in [9.17, 15) is 27.6 Å². The van der Waals surface area contributed by atoms with Crippen molar-refractivity contribution >= 4 is 45.3 Å². The molecule has 0 saturated heterocycles. The number of carboxylic acid groups (broad SMARTS) is 1. The number of ether oxygens (including phenoxy) is 1. The van der Waals surface area contributed by atoms with E-state index in [-0.39, 0.29) is 12.5 Å². The average molecular weight is 532 g/mol. The topological polar surface area (TPSA) is 168 Å². The average Bonchev–Trinajstić information content (AvgIpc) is 2.75. The summed E-state index contributed by atoms with van der Waals surface area (Å²) in [6, 6.07) is 5.54. The molecular weight excluding hydrogens is 502 g/mol. The first-order valence-corrected chi connectivity index (χ1v) is 12.8. The molecule has 0 aromatic heterocycles. The highest BCUT2D eigenvalue weighted by molar-refractivity contribution is 7.96. The van der Waals surface area contributed by atoms with Crippen LogP contribution in [0, 0.1) is 5.92 Å². The van der Waals surface area contributed by atoms with Crippen LogP contribution in [-0.4, -0.2) is 61.8 Å². The van der Waals surface area contributed by atoms with Gasteiger partial charge in [-0.2, -0.15) is 0 Å². The van der Waals surface area contributed by atoms with Crippen LogP contribution in [0.1, 0.15) is 32.8 Å². The molecule has 35 heavy (non-hydrogen) atoms. The Morgan fingerprint density at radius 2 is 1.63 bits per heavy atom. The Labute approximate surface area is 209 Å². The van der Waals surface area contributed by atoms with Crippen LogP contribution in [0.2, 0.25) is 0 Å². The summed E-state index contributed by atoms with van der Waals surface area (Å²) in [5.41, 5.74) is 0.763. The lowest BCUT2D eigenvalue weighted by Crippen LogP contribution is -2.55. The number of aliphatic carboxylic acids is 1. The molecular formula is C22H30ClN3O8S. The summed E-state index contributed by atoms with van der Waals surface area (Å²) in [4.78, 5) is 48.5. The van der Waals surface area contributed by atoms with Crippen LogP contribution in [0.25, 0.3) is 0 Å². The standard InChI is InChI=1S/C22H30ClN3O8S/c1-13(2)19(26-22(31)34-12-15-8-6-5-7-9-15)21(30)24-14(3)20(29)25-16(11-18(27)28)10-17(23)35(4,32)33/h5-10,13-14,16,19H,11-12H2,1-4H3,(H,24,30)(H,25,29)(H,26,31)(H,27,28)/b17-10+/t14-,16+,19-/m0/s1. The maximum atomic E-state index is 12.7. The summed E-state index contributed by atoms with van der Waals surface area (Å²) in [5.74, 6) is -3.11. The van der Waals surface area contributed by atoms with Crippen molar-refractivity contribution in [3.05, 3.63) is 46.3 Å². The minimum Gasteiger partial charge on any atom is -0.481 e. The smallest absolute Gasteiger partial charge is 0.408 e. The Bertz CT molecular complexity index is 1040. The van der Waals surface area contributed by atoms with E-state index in [4.69, 9.17) is 21.4 Å². The highest BCUT2D eigenvalue weighted by Crippen LogP contribution is 2.12. The van der Waals surface area contributed by atoms with Gasteiger partial charge in [0.2, 0.25) is 11.8 Å². The highest BCUT2D eigenvalue weighted by atomic mass is 35.5. The first-order valence-electron chi connectivity index (χ1n) is 10.6. The molecule has 4 N–H and O–H groups in total. The molecule has 1 aromatic carbocycles. The molecule has 0 unspecified atom stereocenters. The lowest BCUT2D eigenvalue weighted by Gasteiger charge is -2.24. The third kappa shape index (κ3) is 11.2. The van der Waals surface area contributed by atoms with E-state index in [1.54, 1.807) is 38.1 Å². The summed E-state index contributed by atoms with van der Waals surface area (Å²) in [6.07, 6.45) is 0.278. The van der Waals surface area contributed by atoms with Gasteiger partial charge in [0.1, 0.15) is 23.1 Å². The summed E-state index contributed by atoms with van der Waals surface area (Å²) in [7, 11) is -3.80. The third-order valence-corrected chi connectivity index (χ3v) is 6.41. The van der Waals surface area contributed by atoms with Crippen molar-refractivity contribution in [2.24, 2.45) is 5.92 Å². The zero-order valence-electron chi connectivity index (χ0n) is 19.8. The van der Waals surface area contributed by atoms with Gasteiger partial charge in [0.25, 0.3) is 0 Å². The summed E-state index contributed by atoms with van der Waals surface area (Å²) < 4.78 is 27.5. The number of hydrogen-bond acceptors (Lipinski definition) is 7. The Balaban J connectivity index is 2.78.